The Morgan fingerprint density at radius 3 is 2.18 bits per heavy atom. The van der Waals surface area contributed by atoms with E-state index in [1.807, 2.05) is 12.1 Å². The highest BCUT2D eigenvalue weighted by molar-refractivity contribution is 6.34. The summed E-state index contributed by atoms with van der Waals surface area (Å²) in [5.41, 5.74) is 0. The van der Waals surface area contributed by atoms with Crippen LogP contribution in [0.4, 0.5) is 0 Å². The Balaban J connectivity index is 1.70. The monoisotopic (exact) mass is 271 g/mol. The van der Waals surface area contributed by atoms with Gasteiger partial charge in [-0.2, -0.15) is 0 Å². The molecular formula is C13H15Cl2NO. The zero-order valence-electron chi connectivity index (χ0n) is 9.46. The molecule has 1 aromatic rings. The average molecular weight is 272 g/mol. The average Bonchev–Trinajstić information content (AvgIpc) is 2.56. The molecule has 3 rings (SSSR count). The summed E-state index contributed by atoms with van der Waals surface area (Å²) < 4.78 is 5.99. The van der Waals surface area contributed by atoms with Crippen molar-refractivity contribution in [3.63, 3.8) is 0 Å². The largest absolute Gasteiger partial charge is 0.490 e. The molecule has 92 valence electrons. The Labute approximate surface area is 111 Å². The Morgan fingerprint density at radius 2 is 1.59 bits per heavy atom. The Hall–Kier alpha value is -0.440. The molecular weight excluding hydrogens is 257 g/mol. The molecule has 17 heavy (non-hydrogen) atoms. The van der Waals surface area contributed by atoms with E-state index in [0.29, 0.717) is 28.2 Å². The summed E-state index contributed by atoms with van der Waals surface area (Å²) in [6, 6.07) is 6.65. The first-order valence-electron chi connectivity index (χ1n) is 6.08. The van der Waals surface area contributed by atoms with Crippen molar-refractivity contribution < 1.29 is 4.74 Å². The summed E-state index contributed by atoms with van der Waals surface area (Å²) in [6.45, 7) is 0. The molecule has 0 unspecified atom stereocenters. The van der Waals surface area contributed by atoms with Crippen molar-refractivity contribution in [2.24, 2.45) is 0 Å². The molecule has 2 aliphatic rings. The van der Waals surface area contributed by atoms with Crippen molar-refractivity contribution in [3.05, 3.63) is 28.2 Å². The van der Waals surface area contributed by atoms with Gasteiger partial charge >= 0.3 is 0 Å². The maximum absolute atomic E-state index is 5.99. The van der Waals surface area contributed by atoms with Crippen LogP contribution in [-0.4, -0.2) is 18.2 Å². The van der Waals surface area contributed by atoms with Crippen LogP contribution < -0.4 is 10.1 Å². The van der Waals surface area contributed by atoms with Crippen molar-refractivity contribution in [3.8, 4) is 5.75 Å². The number of benzene rings is 1. The van der Waals surface area contributed by atoms with Crippen molar-refractivity contribution >= 4 is 23.2 Å². The second-order valence-electron chi connectivity index (χ2n) is 4.95. The number of hydrogen-bond acceptors (Lipinski definition) is 2. The zero-order chi connectivity index (χ0) is 11.8. The van der Waals surface area contributed by atoms with Gasteiger partial charge < -0.3 is 10.1 Å². The third kappa shape index (κ3) is 2.70. The van der Waals surface area contributed by atoms with Crippen molar-refractivity contribution in [1.29, 1.82) is 0 Å². The molecule has 0 amide bonds. The Kier molecular flexibility index (Phi) is 3.20. The maximum Gasteiger partial charge on any atom is 0.122 e. The van der Waals surface area contributed by atoms with Gasteiger partial charge in [0, 0.05) is 22.1 Å². The fraction of sp³-hybridized carbons (Fsp3) is 0.538. The van der Waals surface area contributed by atoms with Gasteiger partial charge in [0.1, 0.15) is 11.9 Å². The third-order valence-corrected chi connectivity index (χ3v) is 4.01. The predicted molar refractivity (Wildman–Crippen MR) is 70.1 cm³/mol. The van der Waals surface area contributed by atoms with Crippen LogP contribution in [0.25, 0.3) is 0 Å². The molecule has 2 fully saturated rings. The standard InChI is InChI=1S/C13H15Cl2NO/c14-8-3-9(15)5-12(4-8)17-13-6-10-1-2-11(7-13)16-10/h3-5,10-11,13,16H,1-2,6-7H2/t10-,11+,13-. The van der Waals surface area contributed by atoms with E-state index in [9.17, 15) is 0 Å². The lowest BCUT2D eigenvalue weighted by Gasteiger charge is -2.29. The second kappa shape index (κ2) is 4.68. The summed E-state index contributed by atoms with van der Waals surface area (Å²) >= 11 is 11.9. The van der Waals surface area contributed by atoms with Crippen molar-refractivity contribution in [2.45, 2.75) is 43.9 Å². The van der Waals surface area contributed by atoms with Crippen molar-refractivity contribution in [2.75, 3.05) is 0 Å². The van der Waals surface area contributed by atoms with Crippen LogP contribution in [0.15, 0.2) is 18.2 Å². The van der Waals surface area contributed by atoms with E-state index in [0.717, 1.165) is 18.6 Å². The normalized spacial score (nSPS) is 31.5. The molecule has 1 aromatic carbocycles. The first-order chi connectivity index (χ1) is 8.19. The van der Waals surface area contributed by atoms with Crippen LogP contribution in [0.5, 0.6) is 5.75 Å². The molecule has 0 saturated carbocycles. The second-order valence-corrected chi connectivity index (χ2v) is 5.83. The molecule has 0 spiro atoms. The van der Waals surface area contributed by atoms with Gasteiger partial charge in [0.25, 0.3) is 0 Å². The highest BCUT2D eigenvalue weighted by Crippen LogP contribution is 2.31. The van der Waals surface area contributed by atoms with Crippen LogP contribution in [0.1, 0.15) is 25.7 Å². The third-order valence-electron chi connectivity index (χ3n) is 3.57. The number of halogens is 2. The fourth-order valence-electron chi connectivity index (χ4n) is 2.89. The van der Waals surface area contributed by atoms with Gasteiger partial charge in [-0.05, 0) is 43.9 Å². The van der Waals surface area contributed by atoms with E-state index in [1.54, 1.807) is 6.07 Å². The van der Waals surface area contributed by atoms with Gasteiger partial charge in [0.2, 0.25) is 0 Å². The molecule has 0 aliphatic carbocycles. The quantitative estimate of drug-likeness (QED) is 0.887. The van der Waals surface area contributed by atoms with Crippen LogP contribution in [0, 0.1) is 0 Å². The minimum absolute atomic E-state index is 0.295. The van der Waals surface area contributed by atoms with Crippen LogP contribution in [-0.2, 0) is 0 Å². The lowest BCUT2D eigenvalue weighted by Crippen LogP contribution is -2.42. The molecule has 0 aromatic heterocycles. The lowest BCUT2D eigenvalue weighted by atomic mass is 10.0. The number of ether oxygens (including phenoxy) is 1. The van der Waals surface area contributed by atoms with E-state index in [1.165, 1.54) is 12.8 Å². The topological polar surface area (TPSA) is 21.3 Å². The van der Waals surface area contributed by atoms with E-state index >= 15 is 0 Å². The number of hydrogen-bond donors (Lipinski definition) is 1. The molecule has 2 bridgehead atoms. The fourth-order valence-corrected chi connectivity index (χ4v) is 3.40. The summed E-state index contributed by atoms with van der Waals surface area (Å²) in [5, 5.41) is 4.85. The molecule has 1 N–H and O–H groups in total. The summed E-state index contributed by atoms with van der Waals surface area (Å²) in [6.07, 6.45) is 5.02. The van der Waals surface area contributed by atoms with E-state index in [2.05, 4.69) is 5.32 Å². The minimum Gasteiger partial charge on any atom is -0.490 e. The summed E-state index contributed by atoms with van der Waals surface area (Å²) in [7, 11) is 0. The van der Waals surface area contributed by atoms with Crippen LogP contribution >= 0.6 is 23.2 Å². The molecule has 2 nitrogen and oxygen atoms in total. The molecule has 2 aliphatic heterocycles. The van der Waals surface area contributed by atoms with Crippen molar-refractivity contribution in [1.82, 2.24) is 5.32 Å². The first-order valence-corrected chi connectivity index (χ1v) is 6.83. The number of nitrogens with one attached hydrogen (secondary N) is 1. The van der Waals surface area contributed by atoms with E-state index < -0.39 is 0 Å². The summed E-state index contributed by atoms with van der Waals surface area (Å²) in [5.74, 6) is 0.786. The van der Waals surface area contributed by atoms with Gasteiger partial charge in [-0.3, -0.25) is 0 Å². The molecule has 4 heteroatoms. The highest BCUT2D eigenvalue weighted by Gasteiger charge is 2.34. The van der Waals surface area contributed by atoms with Gasteiger partial charge in [-0.25, -0.2) is 0 Å². The van der Waals surface area contributed by atoms with E-state index in [4.69, 9.17) is 27.9 Å². The van der Waals surface area contributed by atoms with Gasteiger partial charge in [0.15, 0.2) is 0 Å². The van der Waals surface area contributed by atoms with Crippen LogP contribution in [0.3, 0.4) is 0 Å². The zero-order valence-corrected chi connectivity index (χ0v) is 11.0. The van der Waals surface area contributed by atoms with E-state index in [-0.39, 0.29) is 0 Å². The maximum atomic E-state index is 5.99. The summed E-state index contributed by atoms with van der Waals surface area (Å²) in [4.78, 5) is 0. The lowest BCUT2D eigenvalue weighted by molar-refractivity contribution is 0.137. The number of piperidine rings is 1. The number of rotatable bonds is 2. The van der Waals surface area contributed by atoms with Crippen LogP contribution in [0.2, 0.25) is 10.0 Å². The Morgan fingerprint density at radius 1 is 1.00 bits per heavy atom. The molecule has 2 saturated heterocycles. The molecule has 0 radical (unpaired) electrons. The van der Waals surface area contributed by atoms with Gasteiger partial charge in [-0.1, -0.05) is 23.2 Å². The van der Waals surface area contributed by atoms with Gasteiger partial charge in [0.05, 0.1) is 0 Å². The smallest absolute Gasteiger partial charge is 0.122 e. The van der Waals surface area contributed by atoms with Gasteiger partial charge in [-0.15, -0.1) is 0 Å². The minimum atomic E-state index is 0.295. The predicted octanol–water partition coefficient (Wildman–Crippen LogP) is 3.66. The Bertz CT molecular complexity index is 392. The molecule has 3 atom stereocenters. The number of fused-ring (bicyclic) bond motifs is 2. The highest BCUT2D eigenvalue weighted by atomic mass is 35.5. The SMILES string of the molecule is Clc1cc(Cl)cc(O[C@@H]2C[C@H]3CC[C@@H](C2)N3)c1. The molecule has 2 heterocycles. The first kappa shape index (κ1) is 11.6.